The maximum atomic E-state index is 13.3. The summed E-state index contributed by atoms with van der Waals surface area (Å²) in [5, 5.41) is 27.1. The van der Waals surface area contributed by atoms with Gasteiger partial charge in [-0.1, -0.05) is 73.2 Å². The van der Waals surface area contributed by atoms with Crippen molar-refractivity contribution in [1.82, 2.24) is 16.0 Å². The second-order valence-electron chi connectivity index (χ2n) is 9.95. The molecule has 0 radical (unpaired) electrons. The fraction of sp³-hybridized carbons (Fsp3) is 0.324. The van der Waals surface area contributed by atoms with Crippen LogP contribution < -0.4 is 21.7 Å². The number of aliphatic hydroxyl groups is 2. The summed E-state index contributed by atoms with van der Waals surface area (Å²) >= 11 is 0. The number of rotatable bonds is 15. The van der Waals surface area contributed by atoms with Crippen LogP contribution >= 0.6 is 0 Å². The molecule has 236 valence electrons. The molecule has 0 saturated carbocycles. The van der Waals surface area contributed by atoms with Gasteiger partial charge in [-0.15, -0.1) is 0 Å². The Labute approximate surface area is 260 Å². The molecule has 2 amide bonds. The molecule has 0 fully saturated rings. The summed E-state index contributed by atoms with van der Waals surface area (Å²) in [7, 11) is 0. The van der Waals surface area contributed by atoms with Crippen LogP contribution in [0.5, 0.6) is 0 Å². The third-order valence-electron chi connectivity index (χ3n) is 6.60. The topological polar surface area (TPSA) is 158 Å². The average Bonchev–Trinajstić information content (AvgIpc) is 3.04. The van der Waals surface area contributed by atoms with Gasteiger partial charge in [0.05, 0.1) is 30.5 Å². The number of ether oxygens (including phenoxy) is 1. The summed E-state index contributed by atoms with van der Waals surface area (Å²) in [5.41, 5.74) is 10.7. The van der Waals surface area contributed by atoms with E-state index in [1.54, 1.807) is 37.3 Å². The molecular weight excluding hydrogens is 558 g/mol. The Hall–Kier alpha value is -4.51. The standard InChI is InChI=1S/C34H45N5O5/c1-5-13-27(20-30(24(3)6-2)33(42)44-23-26-14-9-7-10-15-26)31(35)25(4)32(37-28-16-11-8-12-17-28)39-34(43)38-29(22-41)21-36-18-19-40/h5,7-17,20,29,36,40-41H,6,18-19,21-23,35H2,1-4H3,(H2,37,38,39,43)/b13-5-,27-20+,30-24+,31-25?/t29-/m1/s1. The first kappa shape index (κ1) is 35.7. The van der Waals surface area contributed by atoms with E-state index in [2.05, 4.69) is 20.9 Å². The number of hydrogen-bond donors (Lipinski definition) is 6. The van der Waals surface area contributed by atoms with E-state index in [1.165, 1.54) is 0 Å². The first-order chi connectivity index (χ1) is 21.2. The van der Waals surface area contributed by atoms with Crippen molar-refractivity contribution in [3.63, 3.8) is 0 Å². The number of urea groups is 1. The first-order valence-corrected chi connectivity index (χ1v) is 14.6. The number of nitrogens with zero attached hydrogens (tertiary/aromatic N) is 1. The minimum Gasteiger partial charge on any atom is -0.457 e. The van der Waals surface area contributed by atoms with Gasteiger partial charge in [0.2, 0.25) is 0 Å². The van der Waals surface area contributed by atoms with Crippen LogP contribution in [0.4, 0.5) is 10.5 Å². The van der Waals surface area contributed by atoms with E-state index in [9.17, 15) is 14.7 Å². The third kappa shape index (κ3) is 12.0. The average molecular weight is 604 g/mol. The number of carbonyl (C=O) groups is 2. The SMILES string of the molecule is C\C=C/C(=C\C(C(=O)OCc1ccccc1)=C(\C)CC)C(N)=C(C)C(=Nc1ccccc1)NC(=O)N[C@@H](CO)CNCCO. The zero-order valence-electron chi connectivity index (χ0n) is 26.0. The molecule has 0 aliphatic rings. The monoisotopic (exact) mass is 603 g/mol. The number of carbonyl (C=O) groups excluding carboxylic acids is 2. The molecule has 10 nitrogen and oxygen atoms in total. The first-order valence-electron chi connectivity index (χ1n) is 14.6. The number of aliphatic imine (C=N–C) groups is 1. The lowest BCUT2D eigenvalue weighted by molar-refractivity contribution is -0.139. The van der Waals surface area contributed by atoms with Gasteiger partial charge in [-0.2, -0.15) is 0 Å². The van der Waals surface area contributed by atoms with E-state index >= 15 is 0 Å². The summed E-state index contributed by atoms with van der Waals surface area (Å²) in [6.45, 7) is 7.73. The fourth-order valence-electron chi connectivity index (χ4n) is 3.93. The molecule has 1 atom stereocenters. The zero-order valence-corrected chi connectivity index (χ0v) is 26.0. The summed E-state index contributed by atoms with van der Waals surface area (Å²) in [6, 6.07) is 17.3. The van der Waals surface area contributed by atoms with Gasteiger partial charge in [-0.3, -0.25) is 5.32 Å². The molecule has 0 aromatic heterocycles. The van der Waals surface area contributed by atoms with Crippen LogP contribution in [0.1, 0.15) is 39.7 Å². The molecule has 0 unspecified atom stereocenters. The number of amides is 2. The number of allylic oxidation sites excluding steroid dienone is 3. The van der Waals surface area contributed by atoms with Crippen molar-refractivity contribution < 1.29 is 24.5 Å². The van der Waals surface area contributed by atoms with E-state index in [-0.39, 0.29) is 32.2 Å². The molecule has 2 aromatic rings. The van der Waals surface area contributed by atoms with Crippen LogP contribution in [0.2, 0.25) is 0 Å². The molecule has 2 aromatic carbocycles. The van der Waals surface area contributed by atoms with Crippen LogP contribution in [0.15, 0.2) is 112 Å². The number of esters is 1. The summed E-state index contributed by atoms with van der Waals surface area (Å²) < 4.78 is 5.64. The third-order valence-corrected chi connectivity index (χ3v) is 6.60. The molecule has 0 spiro atoms. The van der Waals surface area contributed by atoms with Crippen molar-refractivity contribution in [1.29, 1.82) is 0 Å². The van der Waals surface area contributed by atoms with Crippen molar-refractivity contribution in [2.24, 2.45) is 10.7 Å². The predicted octanol–water partition coefficient (Wildman–Crippen LogP) is 4.16. The number of aliphatic hydroxyl groups excluding tert-OH is 2. The van der Waals surface area contributed by atoms with Gasteiger partial charge < -0.3 is 31.3 Å². The summed E-state index contributed by atoms with van der Waals surface area (Å²) in [5.74, 6) is -0.285. The fourth-order valence-corrected chi connectivity index (χ4v) is 3.93. The molecule has 0 heterocycles. The number of nitrogens with one attached hydrogen (secondary N) is 3. The highest BCUT2D eigenvalue weighted by Gasteiger charge is 2.18. The Bertz CT molecular complexity index is 1360. The lowest BCUT2D eigenvalue weighted by Gasteiger charge is -2.19. The normalized spacial score (nSPS) is 14.0. The molecule has 44 heavy (non-hydrogen) atoms. The van der Waals surface area contributed by atoms with Crippen molar-refractivity contribution in [2.75, 3.05) is 26.3 Å². The lowest BCUT2D eigenvalue weighted by atomic mass is 10.00. The van der Waals surface area contributed by atoms with E-state index in [1.807, 2.05) is 69.3 Å². The van der Waals surface area contributed by atoms with Gasteiger partial charge in [0.15, 0.2) is 0 Å². The largest absolute Gasteiger partial charge is 0.457 e. The maximum absolute atomic E-state index is 13.3. The Morgan fingerprint density at radius 1 is 1.05 bits per heavy atom. The predicted molar refractivity (Wildman–Crippen MR) is 175 cm³/mol. The molecule has 2 rings (SSSR count). The number of benzene rings is 2. The van der Waals surface area contributed by atoms with Crippen LogP contribution in [0.3, 0.4) is 0 Å². The maximum Gasteiger partial charge on any atom is 0.338 e. The second-order valence-corrected chi connectivity index (χ2v) is 9.95. The Balaban J connectivity index is 2.48. The van der Waals surface area contributed by atoms with Gasteiger partial charge in [-0.05, 0) is 56.5 Å². The zero-order chi connectivity index (χ0) is 32.3. The minimum absolute atomic E-state index is 0.0665. The highest BCUT2D eigenvalue weighted by atomic mass is 16.5. The smallest absolute Gasteiger partial charge is 0.338 e. The number of nitrogens with two attached hydrogens (primary N) is 1. The van der Waals surface area contributed by atoms with Crippen LogP contribution in [-0.2, 0) is 16.1 Å². The van der Waals surface area contributed by atoms with E-state index < -0.39 is 18.0 Å². The van der Waals surface area contributed by atoms with Crippen molar-refractivity contribution in [3.8, 4) is 0 Å². The number of amidine groups is 1. The lowest BCUT2D eigenvalue weighted by Crippen LogP contribution is -2.50. The van der Waals surface area contributed by atoms with Crippen molar-refractivity contribution in [2.45, 2.75) is 46.8 Å². The molecule has 7 N–H and O–H groups in total. The van der Waals surface area contributed by atoms with Gasteiger partial charge in [-0.25, -0.2) is 14.6 Å². The molecular formula is C34H45N5O5. The second kappa shape index (κ2) is 19.6. The van der Waals surface area contributed by atoms with Crippen LogP contribution in [-0.4, -0.2) is 60.4 Å². The van der Waals surface area contributed by atoms with E-state index in [0.717, 1.165) is 11.1 Å². The van der Waals surface area contributed by atoms with Crippen LogP contribution in [0.25, 0.3) is 0 Å². The minimum atomic E-state index is -0.605. The van der Waals surface area contributed by atoms with Gasteiger partial charge in [0.25, 0.3) is 0 Å². The quantitative estimate of drug-likeness (QED) is 0.0445. The van der Waals surface area contributed by atoms with Crippen molar-refractivity contribution >= 4 is 23.5 Å². The number of para-hydroxylation sites is 1. The van der Waals surface area contributed by atoms with Crippen molar-refractivity contribution in [3.05, 3.63) is 112 Å². The van der Waals surface area contributed by atoms with Crippen LogP contribution in [0, 0.1) is 0 Å². The Morgan fingerprint density at radius 3 is 2.30 bits per heavy atom. The molecule has 0 aliphatic carbocycles. The van der Waals surface area contributed by atoms with Gasteiger partial charge in [0.1, 0.15) is 12.4 Å². The highest BCUT2D eigenvalue weighted by Crippen LogP contribution is 2.21. The molecule has 0 aliphatic heterocycles. The van der Waals surface area contributed by atoms with Gasteiger partial charge >= 0.3 is 12.0 Å². The molecule has 10 heteroatoms. The Kier molecular flexibility index (Phi) is 15.9. The molecule has 0 bridgehead atoms. The highest BCUT2D eigenvalue weighted by molar-refractivity contribution is 6.09. The van der Waals surface area contributed by atoms with Gasteiger partial charge in [0, 0.05) is 24.4 Å². The Morgan fingerprint density at radius 2 is 1.70 bits per heavy atom. The number of hydrogen-bond acceptors (Lipinski definition) is 8. The summed E-state index contributed by atoms with van der Waals surface area (Å²) in [6.07, 6.45) is 5.90. The molecule has 0 saturated heterocycles. The van der Waals surface area contributed by atoms with E-state index in [0.29, 0.717) is 41.1 Å². The van der Waals surface area contributed by atoms with E-state index in [4.69, 9.17) is 15.6 Å². The summed E-state index contributed by atoms with van der Waals surface area (Å²) in [4.78, 5) is 30.9.